The van der Waals surface area contributed by atoms with Gasteiger partial charge in [-0.05, 0) is 44.2 Å². The molecule has 2 aromatic carbocycles. The van der Waals surface area contributed by atoms with Gasteiger partial charge in [0.1, 0.15) is 11.5 Å². The number of carbonyl (C=O) groups excluding carboxylic acids is 1. The Labute approximate surface area is 169 Å². The molecule has 29 heavy (non-hydrogen) atoms. The predicted molar refractivity (Wildman–Crippen MR) is 110 cm³/mol. The second-order valence-electron chi connectivity index (χ2n) is 6.20. The Morgan fingerprint density at radius 1 is 1.03 bits per heavy atom. The fraction of sp³-hybridized carbons (Fsp3) is 0.227. The van der Waals surface area contributed by atoms with E-state index in [2.05, 4.69) is 15.5 Å². The Morgan fingerprint density at radius 2 is 1.79 bits per heavy atom. The molecule has 0 spiro atoms. The maximum atomic E-state index is 12.4. The third-order valence-electron chi connectivity index (χ3n) is 4.10. The van der Waals surface area contributed by atoms with E-state index >= 15 is 0 Å². The molecular weight excluding hydrogens is 370 g/mol. The average Bonchev–Trinajstić information content (AvgIpc) is 2.75. The lowest BCUT2D eigenvalue weighted by atomic mass is 10.1. The summed E-state index contributed by atoms with van der Waals surface area (Å²) >= 11 is 0. The number of rotatable bonds is 8. The number of nitrogens with one attached hydrogen (secondary N) is 1. The van der Waals surface area contributed by atoms with Crippen LogP contribution in [0.5, 0.6) is 17.4 Å². The highest BCUT2D eigenvalue weighted by atomic mass is 16.5. The first-order valence-corrected chi connectivity index (χ1v) is 9.27. The van der Waals surface area contributed by atoms with Crippen LogP contribution in [0.15, 0.2) is 60.7 Å². The van der Waals surface area contributed by atoms with Gasteiger partial charge in [0.2, 0.25) is 5.88 Å². The highest BCUT2D eigenvalue weighted by Crippen LogP contribution is 2.22. The highest BCUT2D eigenvalue weighted by Gasteiger charge is 2.15. The number of benzene rings is 2. The van der Waals surface area contributed by atoms with E-state index in [0.717, 1.165) is 11.3 Å². The first kappa shape index (κ1) is 20.1. The molecule has 0 saturated carbocycles. The molecule has 0 aliphatic carbocycles. The summed E-state index contributed by atoms with van der Waals surface area (Å²) in [5, 5.41) is 10.9. The molecule has 0 aliphatic rings. The molecule has 7 nitrogen and oxygen atoms in total. The van der Waals surface area contributed by atoms with Crippen LogP contribution in [0, 0.1) is 0 Å². The van der Waals surface area contributed by atoms with Crippen molar-refractivity contribution in [1.29, 1.82) is 0 Å². The molecule has 0 saturated heterocycles. The number of aromatic nitrogens is 2. The lowest BCUT2D eigenvalue weighted by molar-refractivity contribution is -0.122. The summed E-state index contributed by atoms with van der Waals surface area (Å²) in [6, 6.07) is 18.1. The molecule has 0 bridgehead atoms. The SMILES string of the molecule is CCOc1cccc(OC(C)C(=O)Nc2ccc(-c3ccc(OC)nn3)cc2)c1. The summed E-state index contributed by atoms with van der Waals surface area (Å²) in [5.41, 5.74) is 2.27. The molecule has 3 rings (SSSR count). The third-order valence-corrected chi connectivity index (χ3v) is 4.10. The van der Waals surface area contributed by atoms with Crippen LogP contribution in [0.1, 0.15) is 13.8 Å². The van der Waals surface area contributed by atoms with Crippen molar-refractivity contribution in [3.8, 4) is 28.6 Å². The second-order valence-corrected chi connectivity index (χ2v) is 6.20. The minimum Gasteiger partial charge on any atom is -0.494 e. The molecule has 1 heterocycles. The van der Waals surface area contributed by atoms with Crippen LogP contribution < -0.4 is 19.5 Å². The van der Waals surface area contributed by atoms with E-state index in [0.29, 0.717) is 29.7 Å². The van der Waals surface area contributed by atoms with E-state index < -0.39 is 6.10 Å². The van der Waals surface area contributed by atoms with Crippen molar-refractivity contribution in [1.82, 2.24) is 10.2 Å². The van der Waals surface area contributed by atoms with Crippen molar-refractivity contribution in [2.24, 2.45) is 0 Å². The smallest absolute Gasteiger partial charge is 0.265 e. The maximum absolute atomic E-state index is 12.4. The Hall–Kier alpha value is -3.61. The molecule has 1 aromatic heterocycles. The van der Waals surface area contributed by atoms with Crippen LogP contribution in [-0.4, -0.2) is 35.9 Å². The van der Waals surface area contributed by atoms with Crippen molar-refractivity contribution in [3.05, 3.63) is 60.7 Å². The van der Waals surface area contributed by atoms with E-state index in [4.69, 9.17) is 14.2 Å². The Bertz CT molecular complexity index is 943. The number of hydrogen-bond donors (Lipinski definition) is 1. The number of nitrogens with zero attached hydrogens (tertiary/aromatic N) is 2. The Kier molecular flexibility index (Phi) is 6.63. The summed E-state index contributed by atoms with van der Waals surface area (Å²) < 4.78 is 16.2. The molecule has 1 amide bonds. The van der Waals surface area contributed by atoms with Gasteiger partial charge >= 0.3 is 0 Å². The number of anilines is 1. The van der Waals surface area contributed by atoms with Crippen molar-refractivity contribution in [2.45, 2.75) is 20.0 Å². The first-order valence-electron chi connectivity index (χ1n) is 9.27. The van der Waals surface area contributed by atoms with E-state index in [1.807, 2.05) is 49.4 Å². The maximum Gasteiger partial charge on any atom is 0.265 e. The number of ether oxygens (including phenoxy) is 3. The van der Waals surface area contributed by atoms with Gasteiger partial charge in [0.05, 0.1) is 19.4 Å². The van der Waals surface area contributed by atoms with Gasteiger partial charge in [-0.3, -0.25) is 4.79 Å². The standard InChI is InChI=1S/C22H23N3O4/c1-4-28-18-6-5-7-19(14-18)29-15(2)22(26)23-17-10-8-16(9-11-17)20-12-13-21(27-3)25-24-20/h5-15H,4H2,1-3H3,(H,23,26). The van der Waals surface area contributed by atoms with Gasteiger partial charge in [-0.1, -0.05) is 18.2 Å². The molecule has 0 aliphatic heterocycles. The van der Waals surface area contributed by atoms with Crippen LogP contribution in [0.2, 0.25) is 0 Å². The monoisotopic (exact) mass is 393 g/mol. The van der Waals surface area contributed by atoms with Gasteiger partial charge in [0.25, 0.3) is 5.91 Å². The van der Waals surface area contributed by atoms with Gasteiger partial charge in [0, 0.05) is 23.4 Å². The number of carbonyl (C=O) groups is 1. The van der Waals surface area contributed by atoms with Crippen molar-refractivity contribution in [3.63, 3.8) is 0 Å². The molecule has 0 fully saturated rings. The minimum atomic E-state index is -0.668. The van der Waals surface area contributed by atoms with Crippen LogP contribution in [0.3, 0.4) is 0 Å². The van der Waals surface area contributed by atoms with Gasteiger partial charge in [0.15, 0.2) is 6.10 Å². The van der Waals surface area contributed by atoms with E-state index in [1.54, 1.807) is 32.2 Å². The summed E-state index contributed by atoms with van der Waals surface area (Å²) in [6.45, 7) is 4.18. The van der Waals surface area contributed by atoms with E-state index in [1.165, 1.54) is 0 Å². The molecule has 1 unspecified atom stereocenters. The molecule has 7 heteroatoms. The van der Waals surface area contributed by atoms with Crippen molar-refractivity contribution >= 4 is 11.6 Å². The van der Waals surface area contributed by atoms with Gasteiger partial charge in [-0.2, -0.15) is 0 Å². The Balaban J connectivity index is 1.60. The van der Waals surface area contributed by atoms with E-state index in [9.17, 15) is 4.79 Å². The predicted octanol–water partition coefficient (Wildman–Crippen LogP) is 3.96. The van der Waals surface area contributed by atoms with Gasteiger partial charge in [-0.15, -0.1) is 10.2 Å². The lowest BCUT2D eigenvalue weighted by Crippen LogP contribution is -2.30. The van der Waals surface area contributed by atoms with Crippen molar-refractivity contribution in [2.75, 3.05) is 19.0 Å². The van der Waals surface area contributed by atoms with E-state index in [-0.39, 0.29) is 5.91 Å². The number of hydrogen-bond acceptors (Lipinski definition) is 6. The van der Waals surface area contributed by atoms with Gasteiger partial charge in [-0.25, -0.2) is 0 Å². The number of methoxy groups -OCH3 is 1. The fourth-order valence-electron chi connectivity index (χ4n) is 2.61. The topological polar surface area (TPSA) is 82.6 Å². The molecule has 1 N–H and O–H groups in total. The number of amides is 1. The second kappa shape index (κ2) is 9.54. The zero-order chi connectivity index (χ0) is 20.6. The summed E-state index contributed by atoms with van der Waals surface area (Å²) in [6.07, 6.45) is -0.668. The zero-order valence-corrected chi connectivity index (χ0v) is 16.6. The third kappa shape index (κ3) is 5.44. The summed E-state index contributed by atoms with van der Waals surface area (Å²) in [7, 11) is 1.54. The quantitative estimate of drug-likeness (QED) is 0.624. The highest BCUT2D eigenvalue weighted by molar-refractivity contribution is 5.94. The lowest BCUT2D eigenvalue weighted by Gasteiger charge is -2.15. The molecular formula is C22H23N3O4. The molecule has 3 aromatic rings. The van der Waals surface area contributed by atoms with Crippen LogP contribution >= 0.6 is 0 Å². The van der Waals surface area contributed by atoms with Crippen LogP contribution in [-0.2, 0) is 4.79 Å². The fourth-order valence-corrected chi connectivity index (χ4v) is 2.61. The van der Waals surface area contributed by atoms with Crippen LogP contribution in [0.4, 0.5) is 5.69 Å². The Morgan fingerprint density at radius 3 is 2.45 bits per heavy atom. The summed E-state index contributed by atoms with van der Waals surface area (Å²) in [5.74, 6) is 1.49. The van der Waals surface area contributed by atoms with Gasteiger partial charge < -0.3 is 19.5 Å². The molecule has 0 radical (unpaired) electrons. The average molecular weight is 393 g/mol. The summed E-state index contributed by atoms with van der Waals surface area (Å²) in [4.78, 5) is 12.4. The normalized spacial score (nSPS) is 11.4. The largest absolute Gasteiger partial charge is 0.494 e. The first-order chi connectivity index (χ1) is 14.1. The minimum absolute atomic E-state index is 0.246. The van der Waals surface area contributed by atoms with Crippen molar-refractivity contribution < 1.29 is 19.0 Å². The molecule has 150 valence electrons. The zero-order valence-electron chi connectivity index (χ0n) is 16.6. The van der Waals surface area contributed by atoms with Crippen LogP contribution in [0.25, 0.3) is 11.3 Å². The molecule has 1 atom stereocenters.